The smallest absolute Gasteiger partial charge is 0.0528 e. The number of nitrogens with zero attached hydrogens (tertiary/aromatic N) is 2. The van der Waals surface area contributed by atoms with Crippen LogP contribution in [0.2, 0.25) is 0 Å². The molecule has 1 aromatic heterocycles. The summed E-state index contributed by atoms with van der Waals surface area (Å²) in [6, 6.07) is 38.0. The third-order valence-electron chi connectivity index (χ3n) is 13.5. The number of fused-ring (bicyclic) bond motifs is 6. The van der Waals surface area contributed by atoms with Gasteiger partial charge in [-0.2, -0.15) is 0 Å². The maximum absolute atomic E-state index is 2.82. The zero-order valence-corrected chi connectivity index (χ0v) is 32.3. The summed E-state index contributed by atoms with van der Waals surface area (Å²) < 4.78 is 2.65. The first-order valence-electron chi connectivity index (χ1n) is 21.3. The summed E-state index contributed by atoms with van der Waals surface area (Å²) in [5.74, 6) is 0.373. The van der Waals surface area contributed by atoms with Gasteiger partial charge in [0.15, 0.2) is 0 Å². The second kappa shape index (κ2) is 14.2. The molecule has 0 N–H and O–H groups in total. The second-order valence-electron chi connectivity index (χ2n) is 16.8. The summed E-state index contributed by atoms with van der Waals surface area (Å²) >= 11 is 0. The van der Waals surface area contributed by atoms with Crippen molar-refractivity contribution in [2.24, 2.45) is 0 Å². The zero-order valence-electron chi connectivity index (χ0n) is 32.3. The Morgan fingerprint density at radius 2 is 1.30 bits per heavy atom. The fourth-order valence-corrected chi connectivity index (χ4v) is 10.9. The van der Waals surface area contributed by atoms with E-state index < -0.39 is 0 Å². The summed E-state index contributed by atoms with van der Waals surface area (Å²) in [7, 11) is 0. The highest BCUT2D eigenvalue weighted by Gasteiger charge is 2.42. The Morgan fingerprint density at radius 3 is 2.14 bits per heavy atom. The summed E-state index contributed by atoms with van der Waals surface area (Å²) in [6.45, 7) is 0. The number of anilines is 1. The van der Waals surface area contributed by atoms with Crippen LogP contribution in [0.25, 0.3) is 33.0 Å². The van der Waals surface area contributed by atoms with Gasteiger partial charge in [0.05, 0.1) is 12.1 Å². The molecule has 0 saturated carbocycles. The first-order valence-corrected chi connectivity index (χ1v) is 21.3. The molecule has 4 atom stereocenters. The van der Waals surface area contributed by atoms with Crippen molar-refractivity contribution < 1.29 is 0 Å². The van der Waals surface area contributed by atoms with Crippen LogP contribution in [-0.4, -0.2) is 16.7 Å². The molecule has 276 valence electrons. The number of benzene rings is 4. The average Bonchev–Trinajstić information content (AvgIpc) is 3.79. The van der Waals surface area contributed by atoms with Crippen molar-refractivity contribution in [3.05, 3.63) is 197 Å². The second-order valence-corrected chi connectivity index (χ2v) is 16.8. The molecule has 5 aromatic rings. The van der Waals surface area contributed by atoms with Gasteiger partial charge in [-0.3, -0.25) is 0 Å². The van der Waals surface area contributed by atoms with Crippen molar-refractivity contribution in [3.63, 3.8) is 0 Å². The number of aromatic nitrogens is 1. The van der Waals surface area contributed by atoms with E-state index in [0.717, 1.165) is 38.5 Å². The fourth-order valence-electron chi connectivity index (χ4n) is 10.9. The lowest BCUT2D eigenvalue weighted by Gasteiger charge is -2.40. The number of para-hydroxylation sites is 2. The Labute approximate surface area is 331 Å². The summed E-state index contributed by atoms with van der Waals surface area (Å²) in [5, 5.41) is 2.76. The molecule has 0 amide bonds. The normalized spacial score (nSPS) is 24.5. The molecule has 2 nitrogen and oxygen atoms in total. The third kappa shape index (κ3) is 5.84. The van der Waals surface area contributed by atoms with Gasteiger partial charge in [-0.15, -0.1) is 0 Å². The monoisotopic (exact) mass is 726 g/mol. The molecule has 6 aliphatic rings. The Bertz CT molecular complexity index is 2610. The Hall–Kier alpha value is -5.60. The van der Waals surface area contributed by atoms with Gasteiger partial charge in [-0.05, 0) is 139 Å². The van der Waals surface area contributed by atoms with Crippen LogP contribution in [0.1, 0.15) is 92.9 Å². The Balaban J connectivity index is 0.956. The van der Waals surface area contributed by atoms with Gasteiger partial charge >= 0.3 is 0 Å². The van der Waals surface area contributed by atoms with Crippen LogP contribution in [0, 0.1) is 0 Å². The quantitative estimate of drug-likeness (QED) is 0.169. The molecule has 1 aliphatic heterocycles. The predicted molar refractivity (Wildman–Crippen MR) is 237 cm³/mol. The number of allylic oxidation sites excluding steroid dienone is 13. The molecule has 56 heavy (non-hydrogen) atoms. The van der Waals surface area contributed by atoms with E-state index in [1.165, 1.54) is 103 Å². The summed E-state index contributed by atoms with van der Waals surface area (Å²) in [6.07, 6.45) is 36.1. The standard InChI is InChI=1S/C54H50N2/c1-4-15-37(16-5-1)40-21-14-22-45(32-40)55-51-25-12-10-23-47(51)49-35-41(27-29-53(49)55)42-28-30-54-50(36-42)48-24-11-13-26-52(48)56(54)46-33-43(38-17-6-2-7-18-38)31-44(34-46)39-19-8-3-9-20-39/h2,4,6-8,10-13,15-20,23-27,29,31-33,35-36,45-46,50,54H,1,3,5,9,14,21-22,28,30,34H2. The summed E-state index contributed by atoms with van der Waals surface area (Å²) in [5.41, 5.74) is 17.0. The highest BCUT2D eigenvalue weighted by Crippen LogP contribution is 2.51. The van der Waals surface area contributed by atoms with E-state index in [0.29, 0.717) is 24.0 Å². The lowest BCUT2D eigenvalue weighted by molar-refractivity contribution is 0.502. The first kappa shape index (κ1) is 33.7. The van der Waals surface area contributed by atoms with E-state index in [4.69, 9.17) is 0 Å². The Morgan fingerprint density at radius 1 is 0.536 bits per heavy atom. The van der Waals surface area contributed by atoms with Crippen molar-refractivity contribution in [1.82, 2.24) is 4.57 Å². The maximum atomic E-state index is 2.82. The highest BCUT2D eigenvalue weighted by molar-refractivity contribution is 6.09. The molecule has 0 radical (unpaired) electrons. The van der Waals surface area contributed by atoms with E-state index >= 15 is 0 Å². The predicted octanol–water partition coefficient (Wildman–Crippen LogP) is 13.9. The molecular weight excluding hydrogens is 677 g/mol. The summed E-state index contributed by atoms with van der Waals surface area (Å²) in [4.78, 5) is 2.82. The molecule has 2 heterocycles. The van der Waals surface area contributed by atoms with Crippen LogP contribution in [0.4, 0.5) is 5.69 Å². The molecule has 11 rings (SSSR count). The minimum atomic E-state index is 0.301. The molecule has 0 spiro atoms. The van der Waals surface area contributed by atoms with E-state index in [2.05, 4.69) is 167 Å². The van der Waals surface area contributed by atoms with Crippen molar-refractivity contribution in [2.45, 2.75) is 88.3 Å². The van der Waals surface area contributed by atoms with Gasteiger partial charge in [0.25, 0.3) is 0 Å². The molecule has 4 unspecified atom stereocenters. The van der Waals surface area contributed by atoms with Crippen LogP contribution in [-0.2, 0) is 0 Å². The van der Waals surface area contributed by atoms with Gasteiger partial charge in [0.1, 0.15) is 0 Å². The lowest BCUT2D eigenvalue weighted by atomic mass is 9.80. The van der Waals surface area contributed by atoms with Gasteiger partial charge in [-0.25, -0.2) is 0 Å². The van der Waals surface area contributed by atoms with Gasteiger partial charge in [0.2, 0.25) is 0 Å². The molecule has 4 aromatic carbocycles. The molecule has 0 bridgehead atoms. The van der Waals surface area contributed by atoms with E-state index in [9.17, 15) is 0 Å². The van der Waals surface area contributed by atoms with Gasteiger partial charge < -0.3 is 9.47 Å². The Kier molecular flexibility index (Phi) is 8.53. The van der Waals surface area contributed by atoms with E-state index in [-0.39, 0.29) is 0 Å². The van der Waals surface area contributed by atoms with Crippen molar-refractivity contribution >= 4 is 38.6 Å². The maximum Gasteiger partial charge on any atom is 0.0528 e. The molecular formula is C54H50N2. The number of hydrogen-bond donors (Lipinski definition) is 0. The van der Waals surface area contributed by atoms with Crippen molar-refractivity contribution in [1.29, 1.82) is 0 Å². The topological polar surface area (TPSA) is 8.17 Å². The highest BCUT2D eigenvalue weighted by atomic mass is 15.2. The minimum Gasteiger partial charge on any atom is -0.361 e. The third-order valence-corrected chi connectivity index (χ3v) is 13.5. The van der Waals surface area contributed by atoms with Crippen molar-refractivity contribution in [2.75, 3.05) is 4.90 Å². The van der Waals surface area contributed by atoms with E-state index in [1.807, 2.05) is 0 Å². The first-order chi connectivity index (χ1) is 27.8. The lowest BCUT2D eigenvalue weighted by Crippen LogP contribution is -2.43. The average molecular weight is 727 g/mol. The van der Waals surface area contributed by atoms with Crippen LogP contribution in [0.15, 0.2) is 180 Å². The molecule has 2 heteroatoms. The van der Waals surface area contributed by atoms with E-state index in [1.54, 1.807) is 0 Å². The molecule has 0 fully saturated rings. The largest absolute Gasteiger partial charge is 0.361 e. The fraction of sp³-hybridized carbons (Fsp3) is 0.259. The molecule has 5 aliphatic carbocycles. The van der Waals surface area contributed by atoms with Crippen molar-refractivity contribution in [3.8, 4) is 0 Å². The SMILES string of the molecule is C1=CC(C2=CC(n3c4ccccc4c4cc(C5=CC6c7ccccc7N(C7C=C(c8ccccc8)C=C(C8=CCCC=C8)C7)C6CC5)ccc43)CCC2)=CCC1. The van der Waals surface area contributed by atoms with Crippen LogP contribution in [0.5, 0.6) is 0 Å². The molecule has 0 saturated heterocycles. The van der Waals surface area contributed by atoms with Crippen LogP contribution >= 0.6 is 0 Å². The van der Waals surface area contributed by atoms with Gasteiger partial charge in [-0.1, -0.05) is 134 Å². The van der Waals surface area contributed by atoms with Crippen LogP contribution < -0.4 is 4.90 Å². The van der Waals surface area contributed by atoms with Gasteiger partial charge in [0, 0.05) is 39.5 Å². The van der Waals surface area contributed by atoms with Crippen LogP contribution in [0.3, 0.4) is 0 Å². The minimum absolute atomic E-state index is 0.301. The zero-order chi connectivity index (χ0) is 37.0. The number of rotatable bonds is 6. The number of hydrogen-bond acceptors (Lipinski definition) is 1.